The van der Waals surface area contributed by atoms with E-state index in [1.807, 2.05) is 0 Å². The normalized spacial score (nSPS) is 10.1. The molecule has 1 N–H and O–H groups in total. The summed E-state index contributed by atoms with van der Waals surface area (Å²) in [6.07, 6.45) is 2.92. The van der Waals surface area contributed by atoms with Crippen LogP contribution in [-0.4, -0.2) is 51.3 Å². The molecule has 0 saturated heterocycles. The standard InChI is InChI=1S/C18H15N7O5/c1-28-11-5-2-3-6-12(11)30-14-13(18(27)29-10-9-26)22-17(23-15(14)24-25-19)16-20-7-4-8-21-16/h2-8,26H,9-10H2,1H3. The van der Waals surface area contributed by atoms with Crippen molar-refractivity contribution in [1.29, 1.82) is 0 Å². The molecule has 0 fully saturated rings. The van der Waals surface area contributed by atoms with Gasteiger partial charge in [0.1, 0.15) is 6.61 Å². The average Bonchev–Trinajstić information content (AvgIpc) is 2.79. The van der Waals surface area contributed by atoms with Gasteiger partial charge in [0, 0.05) is 17.3 Å². The fourth-order valence-electron chi connectivity index (χ4n) is 2.32. The molecule has 0 bridgehead atoms. The second kappa shape index (κ2) is 9.78. The van der Waals surface area contributed by atoms with E-state index in [4.69, 9.17) is 24.8 Å². The van der Waals surface area contributed by atoms with Crippen LogP contribution in [0.4, 0.5) is 5.82 Å². The van der Waals surface area contributed by atoms with E-state index < -0.39 is 12.6 Å². The van der Waals surface area contributed by atoms with Crippen LogP contribution in [0, 0.1) is 0 Å². The van der Waals surface area contributed by atoms with Crippen molar-refractivity contribution >= 4 is 11.8 Å². The van der Waals surface area contributed by atoms with Crippen LogP contribution < -0.4 is 9.47 Å². The molecule has 0 amide bonds. The van der Waals surface area contributed by atoms with Gasteiger partial charge >= 0.3 is 5.97 Å². The Labute approximate surface area is 169 Å². The smallest absolute Gasteiger partial charge is 0.361 e. The number of hydrogen-bond acceptors (Lipinski definition) is 10. The Hall–Kier alpha value is -4.28. The number of esters is 1. The molecule has 2 heterocycles. The molecule has 0 aliphatic carbocycles. The highest BCUT2D eigenvalue weighted by Gasteiger charge is 2.25. The minimum Gasteiger partial charge on any atom is -0.493 e. The summed E-state index contributed by atoms with van der Waals surface area (Å²) in [5.74, 6) is -0.875. The Balaban J connectivity index is 2.19. The topological polar surface area (TPSA) is 165 Å². The Morgan fingerprint density at radius 1 is 1.13 bits per heavy atom. The number of aromatic nitrogens is 4. The lowest BCUT2D eigenvalue weighted by molar-refractivity contribution is 0.0424. The number of carbonyl (C=O) groups excluding carboxylic acids is 1. The summed E-state index contributed by atoms with van der Waals surface area (Å²) >= 11 is 0. The molecule has 3 aromatic rings. The average molecular weight is 409 g/mol. The number of benzene rings is 1. The molecular formula is C18H15N7O5. The first-order valence-corrected chi connectivity index (χ1v) is 8.51. The number of hydrogen-bond donors (Lipinski definition) is 1. The molecule has 0 aliphatic rings. The van der Waals surface area contributed by atoms with Crippen molar-refractivity contribution in [3.8, 4) is 28.9 Å². The highest BCUT2D eigenvalue weighted by Crippen LogP contribution is 2.38. The number of aliphatic hydroxyl groups is 1. The van der Waals surface area contributed by atoms with Gasteiger partial charge in [0.05, 0.1) is 13.7 Å². The molecule has 0 saturated carbocycles. The van der Waals surface area contributed by atoms with Crippen molar-refractivity contribution in [2.75, 3.05) is 20.3 Å². The van der Waals surface area contributed by atoms with Gasteiger partial charge in [0.25, 0.3) is 0 Å². The number of azide groups is 1. The monoisotopic (exact) mass is 409 g/mol. The molecule has 0 radical (unpaired) electrons. The van der Waals surface area contributed by atoms with E-state index in [0.29, 0.717) is 5.75 Å². The fourth-order valence-corrected chi connectivity index (χ4v) is 2.32. The number of aliphatic hydroxyl groups excluding tert-OH is 1. The van der Waals surface area contributed by atoms with Crippen LogP contribution in [0.3, 0.4) is 0 Å². The van der Waals surface area contributed by atoms with Crippen LogP contribution in [0.25, 0.3) is 22.1 Å². The predicted molar refractivity (Wildman–Crippen MR) is 102 cm³/mol. The summed E-state index contributed by atoms with van der Waals surface area (Å²) in [5, 5.41) is 12.5. The van der Waals surface area contributed by atoms with Crippen LogP contribution in [0.15, 0.2) is 47.8 Å². The highest BCUT2D eigenvalue weighted by atomic mass is 16.5. The zero-order chi connectivity index (χ0) is 21.3. The number of rotatable bonds is 8. The van der Waals surface area contributed by atoms with Gasteiger partial charge in [0.15, 0.2) is 40.4 Å². The summed E-state index contributed by atoms with van der Waals surface area (Å²) in [6, 6.07) is 8.22. The van der Waals surface area contributed by atoms with E-state index in [0.717, 1.165) is 0 Å². The number of carbonyl (C=O) groups is 1. The summed E-state index contributed by atoms with van der Waals surface area (Å²) in [7, 11) is 1.44. The molecule has 152 valence electrons. The van der Waals surface area contributed by atoms with E-state index in [2.05, 4.69) is 30.0 Å². The van der Waals surface area contributed by atoms with E-state index in [-0.39, 0.29) is 41.3 Å². The lowest BCUT2D eigenvalue weighted by Gasteiger charge is -2.14. The van der Waals surface area contributed by atoms with E-state index in [9.17, 15) is 4.79 Å². The van der Waals surface area contributed by atoms with E-state index in [1.165, 1.54) is 19.5 Å². The number of methoxy groups -OCH3 is 1. The molecule has 0 aliphatic heterocycles. The Morgan fingerprint density at radius 2 is 1.87 bits per heavy atom. The lowest BCUT2D eigenvalue weighted by atomic mass is 10.3. The van der Waals surface area contributed by atoms with Gasteiger partial charge in [-0.1, -0.05) is 12.1 Å². The zero-order valence-corrected chi connectivity index (χ0v) is 15.7. The third kappa shape index (κ3) is 4.58. The van der Waals surface area contributed by atoms with Crippen LogP contribution >= 0.6 is 0 Å². The first-order chi connectivity index (χ1) is 14.7. The van der Waals surface area contributed by atoms with Crippen molar-refractivity contribution in [3.05, 3.63) is 58.9 Å². The number of ether oxygens (including phenoxy) is 3. The van der Waals surface area contributed by atoms with Crippen LogP contribution in [0.1, 0.15) is 10.5 Å². The quantitative estimate of drug-likeness (QED) is 0.255. The molecule has 3 rings (SSSR count). The molecule has 0 unspecified atom stereocenters. The SMILES string of the molecule is COc1ccccc1Oc1c(N=[N+]=[N-])nc(-c2ncccn2)nc1C(=O)OCCO. The van der Waals surface area contributed by atoms with Gasteiger partial charge < -0.3 is 19.3 Å². The fraction of sp³-hybridized carbons (Fsp3) is 0.167. The molecule has 2 aromatic heterocycles. The molecule has 12 nitrogen and oxygen atoms in total. The zero-order valence-electron chi connectivity index (χ0n) is 15.7. The highest BCUT2D eigenvalue weighted by molar-refractivity contribution is 5.92. The van der Waals surface area contributed by atoms with Crippen molar-refractivity contribution < 1.29 is 24.1 Å². The Morgan fingerprint density at radius 3 is 2.53 bits per heavy atom. The van der Waals surface area contributed by atoms with Crippen LogP contribution in [0.2, 0.25) is 0 Å². The molecule has 12 heteroatoms. The molecule has 0 atom stereocenters. The van der Waals surface area contributed by atoms with Gasteiger partial charge in [-0.15, -0.1) is 0 Å². The van der Waals surface area contributed by atoms with E-state index in [1.54, 1.807) is 30.3 Å². The maximum absolute atomic E-state index is 12.6. The molecule has 0 spiro atoms. The predicted octanol–water partition coefficient (Wildman–Crippen LogP) is 2.83. The van der Waals surface area contributed by atoms with E-state index >= 15 is 0 Å². The molecule has 1 aromatic carbocycles. The van der Waals surface area contributed by atoms with Gasteiger partial charge in [-0.3, -0.25) is 0 Å². The van der Waals surface area contributed by atoms with Gasteiger partial charge in [0.2, 0.25) is 0 Å². The first kappa shape index (κ1) is 20.5. The lowest BCUT2D eigenvalue weighted by Crippen LogP contribution is -2.13. The maximum atomic E-state index is 12.6. The van der Waals surface area contributed by atoms with Gasteiger partial charge in [-0.05, 0) is 28.8 Å². The Bertz CT molecular complexity index is 1090. The third-order valence-corrected chi connectivity index (χ3v) is 3.55. The molecule has 30 heavy (non-hydrogen) atoms. The van der Waals surface area contributed by atoms with Crippen LogP contribution in [-0.2, 0) is 4.74 Å². The maximum Gasteiger partial charge on any atom is 0.361 e. The summed E-state index contributed by atoms with van der Waals surface area (Å²) in [4.78, 5) is 31.7. The van der Waals surface area contributed by atoms with Crippen molar-refractivity contribution in [2.24, 2.45) is 5.11 Å². The summed E-state index contributed by atoms with van der Waals surface area (Å²) in [6.45, 7) is -0.664. The minimum absolute atomic E-state index is 0.0821. The van der Waals surface area contributed by atoms with Crippen molar-refractivity contribution in [2.45, 2.75) is 0 Å². The number of para-hydroxylation sites is 2. The van der Waals surface area contributed by atoms with Gasteiger partial charge in [-0.2, -0.15) is 0 Å². The third-order valence-electron chi connectivity index (χ3n) is 3.55. The number of nitrogens with zero attached hydrogens (tertiary/aromatic N) is 7. The van der Waals surface area contributed by atoms with Gasteiger partial charge in [-0.25, -0.2) is 24.7 Å². The largest absolute Gasteiger partial charge is 0.493 e. The second-order valence-electron chi connectivity index (χ2n) is 5.42. The second-order valence-corrected chi connectivity index (χ2v) is 5.42. The van der Waals surface area contributed by atoms with Crippen molar-refractivity contribution in [1.82, 2.24) is 19.9 Å². The first-order valence-electron chi connectivity index (χ1n) is 8.51. The minimum atomic E-state index is -0.928. The summed E-state index contributed by atoms with van der Waals surface area (Å²) < 4.78 is 16.0. The molecular weight excluding hydrogens is 394 g/mol. The van der Waals surface area contributed by atoms with Crippen molar-refractivity contribution in [3.63, 3.8) is 0 Å². The summed E-state index contributed by atoms with van der Waals surface area (Å²) in [5.41, 5.74) is 8.64. The Kier molecular flexibility index (Phi) is 6.66. The van der Waals surface area contributed by atoms with Crippen LogP contribution in [0.5, 0.6) is 17.2 Å².